The van der Waals surface area contributed by atoms with E-state index in [1.54, 1.807) is 25.3 Å². The van der Waals surface area contributed by atoms with Crippen LogP contribution in [0.3, 0.4) is 0 Å². The molecule has 1 aromatic rings. The Hall–Kier alpha value is -1.58. The first-order valence-corrected chi connectivity index (χ1v) is 6.81. The average molecular weight is 312 g/mol. The summed E-state index contributed by atoms with van der Waals surface area (Å²) in [5, 5.41) is 11.8. The molecule has 21 heavy (non-hydrogen) atoms. The Labute approximate surface area is 129 Å². The molecule has 0 atom stereocenters. The highest BCUT2D eigenvalue weighted by molar-refractivity contribution is 6.33. The zero-order valence-corrected chi connectivity index (χ0v) is 12.6. The molecule has 0 saturated heterocycles. The molecule has 0 bridgehead atoms. The summed E-state index contributed by atoms with van der Waals surface area (Å²) in [7, 11) is 1.56. The number of aliphatic hydroxyl groups is 1. The van der Waals surface area contributed by atoms with Crippen molar-refractivity contribution in [2.75, 3.05) is 38.9 Å². The van der Waals surface area contributed by atoms with Crippen LogP contribution < -0.4 is 5.32 Å². The number of carbonyl (C=O) groups excluding carboxylic acids is 1. The highest BCUT2D eigenvalue weighted by Gasteiger charge is 2.06. The number of anilines is 1. The van der Waals surface area contributed by atoms with Gasteiger partial charge >= 0.3 is 0 Å². The number of ether oxygens (including phenoxy) is 2. The van der Waals surface area contributed by atoms with Crippen LogP contribution in [0.15, 0.2) is 18.2 Å². The van der Waals surface area contributed by atoms with E-state index in [4.69, 9.17) is 26.2 Å². The summed E-state index contributed by atoms with van der Waals surface area (Å²) in [6, 6.07) is 5.09. The maximum atomic E-state index is 11.7. The molecule has 0 aliphatic heterocycles. The number of carbonyl (C=O) groups is 1. The van der Waals surface area contributed by atoms with E-state index in [1.807, 2.05) is 0 Å². The number of nitrogens with one attached hydrogen (secondary N) is 1. The van der Waals surface area contributed by atoms with Gasteiger partial charge in [-0.3, -0.25) is 4.79 Å². The fraction of sp³-hybridized carbons (Fsp3) is 0.400. The first-order chi connectivity index (χ1) is 10.2. The third kappa shape index (κ3) is 7.11. The number of methoxy groups -OCH3 is 1. The van der Waals surface area contributed by atoms with Crippen molar-refractivity contribution < 1.29 is 19.4 Å². The zero-order valence-electron chi connectivity index (χ0n) is 11.8. The molecule has 5 nitrogen and oxygen atoms in total. The average Bonchev–Trinajstić information content (AvgIpc) is 2.47. The Balaban J connectivity index is 2.59. The van der Waals surface area contributed by atoms with Crippen molar-refractivity contribution in [2.45, 2.75) is 6.42 Å². The molecule has 2 N–H and O–H groups in total. The third-order valence-electron chi connectivity index (χ3n) is 2.37. The summed E-state index contributed by atoms with van der Waals surface area (Å²) in [5.41, 5.74) is 1.19. The molecule has 0 heterocycles. The van der Waals surface area contributed by atoms with Gasteiger partial charge in [-0.15, -0.1) is 0 Å². The predicted octanol–water partition coefficient (Wildman–Crippen LogP) is 1.68. The van der Waals surface area contributed by atoms with Crippen LogP contribution >= 0.6 is 11.6 Å². The number of hydrogen-bond donors (Lipinski definition) is 2. The van der Waals surface area contributed by atoms with Gasteiger partial charge < -0.3 is 19.9 Å². The van der Waals surface area contributed by atoms with Crippen molar-refractivity contribution in [3.8, 4) is 11.8 Å². The summed E-state index contributed by atoms with van der Waals surface area (Å²) >= 11 is 6.02. The quantitative estimate of drug-likeness (QED) is 0.594. The second-order valence-corrected chi connectivity index (χ2v) is 4.47. The minimum Gasteiger partial charge on any atom is -0.395 e. The van der Waals surface area contributed by atoms with E-state index in [9.17, 15) is 4.79 Å². The number of rotatable bonds is 7. The highest BCUT2D eigenvalue weighted by atomic mass is 35.5. The monoisotopic (exact) mass is 311 g/mol. The lowest BCUT2D eigenvalue weighted by atomic mass is 10.2. The van der Waals surface area contributed by atoms with Crippen molar-refractivity contribution in [1.29, 1.82) is 0 Å². The van der Waals surface area contributed by atoms with Crippen LogP contribution in [0.1, 0.15) is 12.0 Å². The van der Waals surface area contributed by atoms with Gasteiger partial charge in [-0.2, -0.15) is 0 Å². The minimum atomic E-state index is -0.298. The van der Waals surface area contributed by atoms with Crippen LogP contribution in [0.4, 0.5) is 5.69 Å². The van der Waals surface area contributed by atoms with E-state index >= 15 is 0 Å². The van der Waals surface area contributed by atoms with E-state index in [2.05, 4.69) is 17.2 Å². The van der Waals surface area contributed by atoms with Crippen LogP contribution in [0.5, 0.6) is 0 Å². The molecule has 1 amide bonds. The minimum absolute atomic E-state index is 0.0169. The van der Waals surface area contributed by atoms with Crippen molar-refractivity contribution in [3.05, 3.63) is 28.8 Å². The molecule has 0 unspecified atom stereocenters. The molecular formula is C15H18ClNO4. The van der Waals surface area contributed by atoms with Gasteiger partial charge in [-0.1, -0.05) is 23.4 Å². The van der Waals surface area contributed by atoms with Crippen molar-refractivity contribution in [2.24, 2.45) is 0 Å². The maximum Gasteiger partial charge on any atom is 0.250 e. The highest BCUT2D eigenvalue weighted by Crippen LogP contribution is 2.22. The van der Waals surface area contributed by atoms with Gasteiger partial charge in [0.25, 0.3) is 0 Å². The second-order valence-electron chi connectivity index (χ2n) is 4.06. The molecule has 0 aliphatic rings. The predicted molar refractivity (Wildman–Crippen MR) is 81.4 cm³/mol. The lowest BCUT2D eigenvalue weighted by Gasteiger charge is -2.08. The van der Waals surface area contributed by atoms with Gasteiger partial charge in [0.1, 0.15) is 6.61 Å². The normalized spacial score (nSPS) is 9.86. The molecule has 0 spiro atoms. The van der Waals surface area contributed by atoms with Gasteiger partial charge in [0.2, 0.25) is 5.91 Å². The molecule has 0 aliphatic carbocycles. The number of aliphatic hydroxyl groups excluding tert-OH is 1. The fourth-order valence-electron chi connectivity index (χ4n) is 1.41. The van der Waals surface area contributed by atoms with Gasteiger partial charge in [0, 0.05) is 19.1 Å². The first-order valence-electron chi connectivity index (χ1n) is 6.43. The number of hydrogen-bond acceptors (Lipinski definition) is 4. The molecule has 1 aromatic carbocycles. The molecular weight excluding hydrogens is 294 g/mol. The summed E-state index contributed by atoms with van der Waals surface area (Å²) in [6.45, 7) is 0.734. The summed E-state index contributed by atoms with van der Waals surface area (Å²) in [6.07, 6.45) is 0.400. The van der Waals surface area contributed by atoms with Crippen LogP contribution in [-0.4, -0.2) is 44.6 Å². The van der Waals surface area contributed by atoms with Gasteiger partial charge in [-0.05, 0) is 18.2 Å². The smallest absolute Gasteiger partial charge is 0.250 e. The van der Waals surface area contributed by atoms with Gasteiger partial charge in [0.05, 0.1) is 30.5 Å². The topological polar surface area (TPSA) is 67.8 Å². The maximum absolute atomic E-state index is 11.7. The van der Waals surface area contributed by atoms with E-state index in [0.29, 0.717) is 35.9 Å². The summed E-state index contributed by atoms with van der Waals surface area (Å²) in [4.78, 5) is 11.7. The Kier molecular flexibility index (Phi) is 8.48. The van der Waals surface area contributed by atoms with Crippen LogP contribution in [0, 0.1) is 11.8 Å². The summed E-state index contributed by atoms with van der Waals surface area (Å²) in [5.74, 6) is 5.39. The lowest BCUT2D eigenvalue weighted by Crippen LogP contribution is -2.19. The molecule has 6 heteroatoms. The Morgan fingerprint density at radius 3 is 2.95 bits per heavy atom. The fourth-order valence-corrected chi connectivity index (χ4v) is 1.58. The van der Waals surface area contributed by atoms with Crippen molar-refractivity contribution >= 4 is 23.2 Å². The van der Waals surface area contributed by atoms with Gasteiger partial charge in [-0.25, -0.2) is 0 Å². The van der Waals surface area contributed by atoms with E-state index in [0.717, 1.165) is 0 Å². The van der Waals surface area contributed by atoms with Crippen molar-refractivity contribution in [3.63, 3.8) is 0 Å². The van der Waals surface area contributed by atoms with E-state index in [-0.39, 0.29) is 19.1 Å². The lowest BCUT2D eigenvalue weighted by molar-refractivity contribution is -0.121. The molecule has 0 radical (unpaired) electrons. The van der Waals surface area contributed by atoms with E-state index < -0.39 is 0 Å². The molecule has 114 valence electrons. The largest absolute Gasteiger partial charge is 0.395 e. The first kappa shape index (κ1) is 17.5. The van der Waals surface area contributed by atoms with Crippen LogP contribution in [0.25, 0.3) is 0 Å². The van der Waals surface area contributed by atoms with Gasteiger partial charge in [0.15, 0.2) is 0 Å². The number of halogens is 1. The molecule has 1 rings (SSSR count). The Morgan fingerprint density at radius 2 is 2.24 bits per heavy atom. The Bertz CT molecular complexity index is 522. The SMILES string of the molecule is COCCOCC(=O)Nc1cc(C#CCCO)ccc1Cl. The number of amides is 1. The Morgan fingerprint density at radius 1 is 1.43 bits per heavy atom. The molecule has 0 aromatic heterocycles. The third-order valence-corrected chi connectivity index (χ3v) is 2.70. The van der Waals surface area contributed by atoms with Crippen molar-refractivity contribution in [1.82, 2.24) is 0 Å². The number of benzene rings is 1. The molecule has 0 saturated carbocycles. The summed E-state index contributed by atoms with van der Waals surface area (Å²) < 4.78 is 9.93. The van der Waals surface area contributed by atoms with Crippen LogP contribution in [-0.2, 0) is 14.3 Å². The van der Waals surface area contributed by atoms with E-state index in [1.165, 1.54) is 0 Å². The second kappa shape index (κ2) is 10.2. The zero-order chi connectivity index (χ0) is 15.5. The van der Waals surface area contributed by atoms with Crippen LogP contribution in [0.2, 0.25) is 5.02 Å². The molecule has 0 fully saturated rings. The standard InChI is InChI=1S/C15H18ClNO4/c1-20-8-9-21-11-15(19)17-14-10-12(4-2-3-7-18)5-6-13(14)16/h5-6,10,18H,3,7-9,11H2,1H3,(H,17,19).